The summed E-state index contributed by atoms with van der Waals surface area (Å²) in [6.07, 6.45) is 1.33. The Hall–Kier alpha value is -3.63. The lowest BCUT2D eigenvalue weighted by atomic mass is 10.2. The van der Waals surface area contributed by atoms with E-state index in [2.05, 4.69) is 21.2 Å². The number of methoxy groups -OCH3 is 2. The van der Waals surface area contributed by atoms with Crippen LogP contribution in [0.2, 0.25) is 5.02 Å². The van der Waals surface area contributed by atoms with E-state index in [0.717, 1.165) is 5.56 Å². The fourth-order valence-electron chi connectivity index (χ4n) is 2.52. The number of halogens is 1. The van der Waals surface area contributed by atoms with Crippen LogP contribution in [0.4, 0.5) is 5.69 Å². The standard InChI is InChI=1S/C22H25ClN4O6/c1-14-16(23)5-4-6-17(14)26-20(28)13-33-18-8-7-15(11-19(18)32-3)12-25-27-22(30)21(29)24-9-10-31-2/h4-8,11-12H,9-10,13H2,1-3H3,(H,24,29)(H,26,28)(H,27,30)/b25-12-. The Morgan fingerprint density at radius 2 is 1.88 bits per heavy atom. The maximum atomic E-state index is 12.2. The molecule has 0 saturated carbocycles. The van der Waals surface area contributed by atoms with Crippen molar-refractivity contribution in [1.29, 1.82) is 0 Å². The Morgan fingerprint density at radius 3 is 2.61 bits per heavy atom. The summed E-state index contributed by atoms with van der Waals surface area (Å²) in [6.45, 7) is 2.06. The number of hydrogen-bond donors (Lipinski definition) is 3. The van der Waals surface area contributed by atoms with Crippen molar-refractivity contribution in [2.75, 3.05) is 39.3 Å². The first-order chi connectivity index (χ1) is 15.8. The Kier molecular flexibility index (Phi) is 10.1. The number of rotatable bonds is 10. The first-order valence-electron chi connectivity index (χ1n) is 9.81. The molecule has 2 aromatic carbocycles. The van der Waals surface area contributed by atoms with Gasteiger partial charge in [-0.15, -0.1) is 0 Å². The summed E-state index contributed by atoms with van der Waals surface area (Å²) >= 11 is 6.06. The third-order valence-electron chi connectivity index (χ3n) is 4.27. The zero-order valence-corrected chi connectivity index (χ0v) is 19.2. The number of carbonyl (C=O) groups is 3. The van der Waals surface area contributed by atoms with Crippen LogP contribution in [-0.4, -0.2) is 57.9 Å². The Morgan fingerprint density at radius 1 is 1.09 bits per heavy atom. The van der Waals surface area contributed by atoms with Gasteiger partial charge in [-0.3, -0.25) is 14.4 Å². The summed E-state index contributed by atoms with van der Waals surface area (Å²) in [5, 5.41) is 9.42. The Labute approximate surface area is 196 Å². The Balaban J connectivity index is 1.91. The molecule has 2 rings (SSSR count). The maximum absolute atomic E-state index is 12.2. The van der Waals surface area contributed by atoms with Crippen molar-refractivity contribution in [3.8, 4) is 11.5 Å². The van der Waals surface area contributed by atoms with E-state index in [1.54, 1.807) is 43.3 Å². The molecule has 0 aromatic heterocycles. The van der Waals surface area contributed by atoms with Crippen molar-refractivity contribution in [1.82, 2.24) is 10.7 Å². The molecular weight excluding hydrogens is 452 g/mol. The van der Waals surface area contributed by atoms with Gasteiger partial charge < -0.3 is 24.8 Å². The highest BCUT2D eigenvalue weighted by atomic mass is 35.5. The molecule has 0 bridgehead atoms. The zero-order chi connectivity index (χ0) is 24.2. The number of anilines is 1. The van der Waals surface area contributed by atoms with Crippen LogP contribution < -0.4 is 25.5 Å². The van der Waals surface area contributed by atoms with Crippen LogP contribution in [0.15, 0.2) is 41.5 Å². The van der Waals surface area contributed by atoms with Crippen molar-refractivity contribution in [2.24, 2.45) is 5.10 Å². The van der Waals surface area contributed by atoms with Gasteiger partial charge in [0.1, 0.15) is 0 Å². The number of benzene rings is 2. The van der Waals surface area contributed by atoms with Gasteiger partial charge >= 0.3 is 11.8 Å². The molecule has 10 nitrogen and oxygen atoms in total. The first-order valence-corrected chi connectivity index (χ1v) is 10.2. The molecular formula is C22H25ClN4O6. The molecule has 0 aliphatic rings. The second-order valence-electron chi connectivity index (χ2n) is 6.61. The van der Waals surface area contributed by atoms with Gasteiger partial charge in [-0.1, -0.05) is 17.7 Å². The van der Waals surface area contributed by atoms with Crippen LogP contribution in [0.25, 0.3) is 0 Å². The zero-order valence-electron chi connectivity index (χ0n) is 18.4. The van der Waals surface area contributed by atoms with Crippen LogP contribution in [0.1, 0.15) is 11.1 Å². The number of ether oxygens (including phenoxy) is 3. The summed E-state index contributed by atoms with van der Waals surface area (Å²) in [7, 11) is 2.93. The van der Waals surface area contributed by atoms with Gasteiger partial charge in [-0.05, 0) is 48.4 Å². The minimum absolute atomic E-state index is 0.210. The van der Waals surface area contributed by atoms with E-state index in [0.29, 0.717) is 34.4 Å². The molecule has 0 aliphatic heterocycles. The lowest BCUT2D eigenvalue weighted by Gasteiger charge is -2.12. The quantitative estimate of drug-likeness (QED) is 0.208. The van der Waals surface area contributed by atoms with E-state index in [1.165, 1.54) is 20.4 Å². The number of hydrazone groups is 1. The average molecular weight is 477 g/mol. The second-order valence-corrected chi connectivity index (χ2v) is 7.01. The normalized spacial score (nSPS) is 10.5. The van der Waals surface area contributed by atoms with Crippen LogP contribution in [0.5, 0.6) is 11.5 Å². The van der Waals surface area contributed by atoms with Crippen molar-refractivity contribution in [2.45, 2.75) is 6.92 Å². The molecule has 0 atom stereocenters. The van der Waals surface area contributed by atoms with E-state index >= 15 is 0 Å². The topological polar surface area (TPSA) is 127 Å². The van der Waals surface area contributed by atoms with E-state index in [9.17, 15) is 14.4 Å². The highest BCUT2D eigenvalue weighted by Crippen LogP contribution is 2.28. The van der Waals surface area contributed by atoms with E-state index in [1.807, 2.05) is 0 Å². The summed E-state index contributed by atoms with van der Waals surface area (Å²) in [6, 6.07) is 10.1. The molecule has 3 amide bonds. The van der Waals surface area contributed by atoms with Crippen LogP contribution in [0.3, 0.4) is 0 Å². The number of amides is 3. The summed E-state index contributed by atoms with van der Waals surface area (Å²) in [5.41, 5.74) is 4.05. The molecule has 11 heteroatoms. The first kappa shape index (κ1) is 25.6. The molecule has 0 aliphatic carbocycles. The predicted molar refractivity (Wildman–Crippen MR) is 124 cm³/mol. The third-order valence-corrected chi connectivity index (χ3v) is 4.68. The van der Waals surface area contributed by atoms with Gasteiger partial charge in [0.15, 0.2) is 18.1 Å². The van der Waals surface area contributed by atoms with Crippen molar-refractivity contribution in [3.05, 3.63) is 52.5 Å². The minimum Gasteiger partial charge on any atom is -0.493 e. The molecule has 0 spiro atoms. The highest BCUT2D eigenvalue weighted by molar-refractivity contribution is 6.35. The van der Waals surface area contributed by atoms with Gasteiger partial charge in [-0.2, -0.15) is 5.10 Å². The fourth-order valence-corrected chi connectivity index (χ4v) is 2.69. The predicted octanol–water partition coefficient (Wildman–Crippen LogP) is 1.89. The number of nitrogens with zero attached hydrogens (tertiary/aromatic N) is 1. The van der Waals surface area contributed by atoms with E-state index in [-0.39, 0.29) is 19.1 Å². The maximum Gasteiger partial charge on any atom is 0.329 e. The lowest BCUT2D eigenvalue weighted by molar-refractivity contribution is -0.139. The van der Waals surface area contributed by atoms with Crippen molar-refractivity contribution < 1.29 is 28.6 Å². The van der Waals surface area contributed by atoms with Crippen LogP contribution in [0, 0.1) is 6.92 Å². The number of nitrogens with one attached hydrogen (secondary N) is 3. The second kappa shape index (κ2) is 13.0. The summed E-state index contributed by atoms with van der Waals surface area (Å²) < 4.78 is 15.6. The average Bonchev–Trinajstić information content (AvgIpc) is 2.81. The number of hydrogen-bond acceptors (Lipinski definition) is 7. The molecule has 0 fully saturated rings. The van der Waals surface area contributed by atoms with Crippen molar-refractivity contribution >= 4 is 41.2 Å². The molecule has 3 N–H and O–H groups in total. The highest BCUT2D eigenvalue weighted by Gasteiger charge is 2.12. The van der Waals surface area contributed by atoms with Gasteiger partial charge in [0.25, 0.3) is 5.91 Å². The largest absolute Gasteiger partial charge is 0.493 e. The molecule has 0 heterocycles. The van der Waals surface area contributed by atoms with Crippen LogP contribution >= 0.6 is 11.6 Å². The SMILES string of the molecule is COCCNC(=O)C(=O)N/N=C\c1ccc(OCC(=O)Nc2cccc(Cl)c2C)c(OC)c1. The lowest BCUT2D eigenvalue weighted by Crippen LogP contribution is -2.39. The molecule has 2 aromatic rings. The van der Waals surface area contributed by atoms with Gasteiger partial charge in [0, 0.05) is 24.4 Å². The van der Waals surface area contributed by atoms with Crippen molar-refractivity contribution in [3.63, 3.8) is 0 Å². The summed E-state index contributed by atoms with van der Waals surface area (Å²) in [5.74, 6) is -1.39. The van der Waals surface area contributed by atoms with Gasteiger partial charge in [0.05, 0.1) is 19.9 Å². The molecule has 0 radical (unpaired) electrons. The van der Waals surface area contributed by atoms with E-state index in [4.69, 9.17) is 25.8 Å². The molecule has 33 heavy (non-hydrogen) atoms. The Bertz CT molecular complexity index is 1030. The van der Waals surface area contributed by atoms with E-state index < -0.39 is 11.8 Å². The third kappa shape index (κ3) is 8.09. The monoisotopic (exact) mass is 476 g/mol. The minimum atomic E-state index is -0.907. The number of carbonyl (C=O) groups excluding carboxylic acids is 3. The molecule has 0 unspecified atom stereocenters. The smallest absolute Gasteiger partial charge is 0.329 e. The fraction of sp³-hybridized carbons (Fsp3) is 0.273. The van der Waals surface area contributed by atoms with Gasteiger partial charge in [0.2, 0.25) is 0 Å². The van der Waals surface area contributed by atoms with Crippen LogP contribution in [-0.2, 0) is 19.1 Å². The molecule has 0 saturated heterocycles. The molecule has 176 valence electrons. The van der Waals surface area contributed by atoms with Gasteiger partial charge in [-0.25, -0.2) is 5.43 Å². The summed E-state index contributed by atoms with van der Waals surface area (Å²) in [4.78, 5) is 35.4.